The third kappa shape index (κ3) is 3.60. The van der Waals surface area contributed by atoms with Crippen molar-refractivity contribution < 1.29 is 18.0 Å². The van der Waals surface area contributed by atoms with Crippen molar-refractivity contribution in [3.63, 3.8) is 0 Å². The number of nitrogens with two attached hydrogens (primary N) is 1. The summed E-state index contributed by atoms with van der Waals surface area (Å²) in [5.74, 6) is -1.13. The summed E-state index contributed by atoms with van der Waals surface area (Å²) in [4.78, 5) is 39.5. The Morgan fingerprint density at radius 1 is 1.27 bits per heavy atom. The summed E-state index contributed by atoms with van der Waals surface area (Å²) in [7, 11) is 0. The Kier molecular flexibility index (Phi) is 4.51. The number of H-pyrrole nitrogens is 1. The zero-order chi connectivity index (χ0) is 21.6. The summed E-state index contributed by atoms with van der Waals surface area (Å²) in [6.07, 6.45) is -3.13. The molecule has 13 heteroatoms. The molecule has 0 unspecified atom stereocenters. The van der Waals surface area contributed by atoms with Crippen LogP contribution in [-0.4, -0.2) is 35.5 Å². The Morgan fingerprint density at radius 3 is 2.67 bits per heavy atom. The monoisotopic (exact) mass is 421 g/mol. The molecule has 4 rings (SSSR count). The number of ketones is 1. The molecule has 2 heterocycles. The van der Waals surface area contributed by atoms with Crippen LogP contribution in [0, 0.1) is 0 Å². The number of nitrogens with one attached hydrogen (secondary N) is 1. The summed E-state index contributed by atoms with van der Waals surface area (Å²) in [5.41, 5.74) is 3.03. The van der Waals surface area contributed by atoms with Crippen molar-refractivity contribution >= 4 is 11.6 Å². The molecule has 1 aliphatic rings. The van der Waals surface area contributed by atoms with E-state index < -0.39 is 40.9 Å². The Labute approximate surface area is 165 Å². The summed E-state index contributed by atoms with van der Waals surface area (Å²) >= 11 is 0. The van der Waals surface area contributed by atoms with Crippen molar-refractivity contribution in [2.24, 2.45) is 0 Å². The number of rotatable bonds is 5. The van der Waals surface area contributed by atoms with E-state index in [-0.39, 0.29) is 23.2 Å². The largest absolute Gasteiger partial charge is 0.416 e. The van der Waals surface area contributed by atoms with Gasteiger partial charge in [0.25, 0.3) is 5.56 Å². The van der Waals surface area contributed by atoms with E-state index in [1.54, 1.807) is 0 Å². The summed E-state index contributed by atoms with van der Waals surface area (Å²) in [6, 6.07) is 4.16. The number of nitrogens with zero attached hydrogens (tertiary/aromatic N) is 5. The summed E-state index contributed by atoms with van der Waals surface area (Å²) in [6.45, 7) is -0.540. The second-order valence-corrected chi connectivity index (χ2v) is 6.77. The first kappa shape index (κ1) is 19.5. The first-order valence-electron chi connectivity index (χ1n) is 8.78. The number of hydrogen-bond acceptors (Lipinski definition) is 7. The second-order valence-electron chi connectivity index (χ2n) is 6.77. The molecule has 0 saturated heterocycles. The molecule has 0 spiro atoms. The van der Waals surface area contributed by atoms with Crippen LogP contribution >= 0.6 is 0 Å². The number of carbonyl (C=O) groups excluding carboxylic acids is 1. The second kappa shape index (κ2) is 6.93. The molecule has 1 aliphatic carbocycles. The molecule has 2 aromatic heterocycles. The Balaban J connectivity index is 1.61. The molecule has 0 atom stereocenters. The molecule has 30 heavy (non-hydrogen) atoms. The van der Waals surface area contributed by atoms with Crippen LogP contribution in [0.25, 0.3) is 11.4 Å². The predicted molar refractivity (Wildman–Crippen MR) is 96.6 cm³/mol. The Bertz CT molecular complexity index is 1250. The van der Waals surface area contributed by atoms with Gasteiger partial charge >= 0.3 is 11.9 Å². The van der Waals surface area contributed by atoms with Gasteiger partial charge in [0.05, 0.1) is 5.56 Å². The Morgan fingerprint density at radius 2 is 2.00 bits per heavy atom. The average Bonchev–Trinajstić information content (AvgIpc) is 3.38. The van der Waals surface area contributed by atoms with E-state index in [9.17, 15) is 27.6 Å². The van der Waals surface area contributed by atoms with Gasteiger partial charge in [0, 0.05) is 11.6 Å². The number of anilines is 1. The summed E-state index contributed by atoms with van der Waals surface area (Å²) in [5, 5.41) is 11.2. The van der Waals surface area contributed by atoms with Crippen molar-refractivity contribution in [2.45, 2.75) is 31.6 Å². The lowest BCUT2D eigenvalue weighted by Gasteiger charge is -2.10. The highest BCUT2D eigenvalue weighted by molar-refractivity contribution is 5.99. The normalized spacial score (nSPS) is 14.1. The molecule has 3 N–H and O–H groups in total. The van der Waals surface area contributed by atoms with Gasteiger partial charge < -0.3 is 5.73 Å². The Hall–Kier alpha value is -3.77. The number of tetrazole rings is 1. The van der Waals surface area contributed by atoms with Crippen LogP contribution in [0.5, 0.6) is 0 Å². The smallest absolute Gasteiger partial charge is 0.384 e. The zero-order valence-electron chi connectivity index (χ0n) is 15.2. The SMILES string of the molecule is Nc1c(C(=O)Cn2nnc(-c3cccc(C(F)(F)F)c3)n2)c(=O)[nH]c(=O)n1C1CC1. The van der Waals surface area contributed by atoms with Gasteiger partial charge in [-0.1, -0.05) is 12.1 Å². The number of aromatic amines is 1. The number of hydrogen-bond donors (Lipinski definition) is 2. The number of alkyl halides is 3. The molecule has 0 bridgehead atoms. The maximum absolute atomic E-state index is 12.9. The van der Waals surface area contributed by atoms with E-state index in [0.717, 1.165) is 21.5 Å². The van der Waals surface area contributed by atoms with Gasteiger partial charge in [0.1, 0.15) is 17.9 Å². The fourth-order valence-electron chi connectivity index (χ4n) is 3.00. The lowest BCUT2D eigenvalue weighted by Crippen LogP contribution is -2.36. The zero-order valence-corrected chi connectivity index (χ0v) is 15.2. The molecule has 1 fully saturated rings. The van der Waals surface area contributed by atoms with Crippen molar-refractivity contribution in [2.75, 3.05) is 5.73 Å². The van der Waals surface area contributed by atoms with Gasteiger partial charge in [0.2, 0.25) is 5.82 Å². The first-order chi connectivity index (χ1) is 14.1. The minimum Gasteiger partial charge on any atom is -0.384 e. The van der Waals surface area contributed by atoms with Gasteiger partial charge in [0.15, 0.2) is 5.78 Å². The van der Waals surface area contributed by atoms with E-state index in [0.29, 0.717) is 12.8 Å². The van der Waals surface area contributed by atoms with Gasteiger partial charge in [-0.3, -0.25) is 19.1 Å². The van der Waals surface area contributed by atoms with Crippen LogP contribution in [-0.2, 0) is 12.7 Å². The lowest BCUT2D eigenvalue weighted by atomic mass is 10.1. The predicted octanol–water partition coefficient (Wildman–Crippen LogP) is 1.01. The molecule has 1 saturated carbocycles. The van der Waals surface area contributed by atoms with E-state index in [4.69, 9.17) is 5.73 Å². The van der Waals surface area contributed by atoms with E-state index >= 15 is 0 Å². The van der Waals surface area contributed by atoms with Crippen LogP contribution in [0.2, 0.25) is 0 Å². The molecule has 0 amide bonds. The highest BCUT2D eigenvalue weighted by atomic mass is 19.4. The number of halogens is 3. The van der Waals surface area contributed by atoms with E-state index in [1.807, 2.05) is 0 Å². The number of carbonyl (C=O) groups is 1. The maximum Gasteiger partial charge on any atom is 0.416 e. The molecular formula is C17H14F3N7O3. The molecule has 156 valence electrons. The molecule has 3 aromatic rings. The third-order valence-electron chi connectivity index (χ3n) is 4.56. The van der Waals surface area contributed by atoms with Crippen molar-refractivity contribution in [1.29, 1.82) is 0 Å². The van der Waals surface area contributed by atoms with Gasteiger partial charge in [-0.05, 0) is 30.2 Å². The standard InChI is InChI=1S/C17H14F3N7O3/c18-17(19,20)9-3-1-2-8(6-9)14-23-25-26(24-14)7-11(28)12-13(21)27(10-4-5-10)16(30)22-15(12)29/h1-3,6,10H,4-5,7,21H2,(H,22,29,30). The first-order valence-corrected chi connectivity index (χ1v) is 8.78. The minimum absolute atomic E-state index is 0.0585. The fraction of sp³-hybridized carbons (Fsp3) is 0.294. The third-order valence-corrected chi connectivity index (χ3v) is 4.56. The molecule has 0 radical (unpaired) electrons. The minimum atomic E-state index is -4.54. The highest BCUT2D eigenvalue weighted by Crippen LogP contribution is 2.35. The van der Waals surface area contributed by atoms with Crippen molar-refractivity contribution in [3.8, 4) is 11.4 Å². The van der Waals surface area contributed by atoms with Crippen LogP contribution in [0.3, 0.4) is 0 Å². The van der Waals surface area contributed by atoms with E-state index in [1.165, 1.54) is 12.1 Å². The number of benzene rings is 1. The topological polar surface area (TPSA) is 142 Å². The number of nitrogen functional groups attached to an aromatic ring is 1. The average molecular weight is 421 g/mol. The van der Waals surface area contributed by atoms with Gasteiger partial charge in [-0.2, -0.15) is 18.0 Å². The molecule has 10 nitrogen and oxygen atoms in total. The van der Waals surface area contributed by atoms with Crippen molar-refractivity contribution in [3.05, 3.63) is 56.2 Å². The van der Waals surface area contributed by atoms with E-state index in [2.05, 4.69) is 20.4 Å². The van der Waals surface area contributed by atoms with Gasteiger partial charge in [-0.25, -0.2) is 4.79 Å². The molecule has 0 aliphatic heterocycles. The van der Waals surface area contributed by atoms with Crippen LogP contribution in [0.15, 0.2) is 33.9 Å². The highest BCUT2D eigenvalue weighted by Gasteiger charge is 2.31. The van der Waals surface area contributed by atoms with Crippen LogP contribution < -0.4 is 17.0 Å². The molecular weight excluding hydrogens is 407 g/mol. The maximum atomic E-state index is 12.9. The fourth-order valence-corrected chi connectivity index (χ4v) is 3.00. The van der Waals surface area contributed by atoms with Crippen LogP contribution in [0.1, 0.15) is 34.8 Å². The quantitative estimate of drug-likeness (QED) is 0.586. The van der Waals surface area contributed by atoms with Gasteiger partial charge in [-0.15, -0.1) is 10.2 Å². The molecule has 1 aromatic carbocycles. The number of aromatic nitrogens is 6. The number of Topliss-reactive ketones (excluding diaryl/α,β-unsaturated/α-hetero) is 1. The van der Waals surface area contributed by atoms with Crippen molar-refractivity contribution in [1.82, 2.24) is 29.8 Å². The summed E-state index contributed by atoms with van der Waals surface area (Å²) < 4.78 is 39.8. The van der Waals surface area contributed by atoms with Crippen LogP contribution in [0.4, 0.5) is 19.0 Å². The lowest BCUT2D eigenvalue weighted by molar-refractivity contribution is -0.137.